The average Bonchev–Trinajstić information content (AvgIpc) is 2.49. The number of fused-ring (bicyclic) bond motifs is 1. The SMILES string of the molecule is Cc1cc2csnc2nc1C#N. The fourth-order valence-electron chi connectivity index (χ4n) is 1.03. The fourth-order valence-corrected chi connectivity index (χ4v) is 1.62. The van der Waals surface area contributed by atoms with Gasteiger partial charge >= 0.3 is 0 Å². The minimum atomic E-state index is 0.466. The van der Waals surface area contributed by atoms with E-state index in [-0.39, 0.29) is 0 Å². The minimum absolute atomic E-state index is 0.466. The second-order valence-electron chi connectivity index (χ2n) is 2.49. The van der Waals surface area contributed by atoms with Gasteiger partial charge in [-0.1, -0.05) is 0 Å². The van der Waals surface area contributed by atoms with Gasteiger partial charge < -0.3 is 0 Å². The Morgan fingerprint density at radius 1 is 1.58 bits per heavy atom. The molecule has 0 saturated heterocycles. The highest BCUT2D eigenvalue weighted by molar-refractivity contribution is 7.04. The van der Waals surface area contributed by atoms with E-state index in [2.05, 4.69) is 9.36 Å². The van der Waals surface area contributed by atoms with Crippen LogP contribution in [0.1, 0.15) is 11.3 Å². The molecule has 58 valence electrons. The van der Waals surface area contributed by atoms with E-state index in [1.807, 2.05) is 24.4 Å². The van der Waals surface area contributed by atoms with Crippen LogP contribution < -0.4 is 0 Å². The topological polar surface area (TPSA) is 49.6 Å². The van der Waals surface area contributed by atoms with E-state index >= 15 is 0 Å². The van der Waals surface area contributed by atoms with Gasteiger partial charge in [0.2, 0.25) is 0 Å². The van der Waals surface area contributed by atoms with Crippen molar-refractivity contribution in [2.45, 2.75) is 6.92 Å². The highest BCUT2D eigenvalue weighted by atomic mass is 32.1. The number of rotatable bonds is 0. The van der Waals surface area contributed by atoms with Gasteiger partial charge in [-0.05, 0) is 30.1 Å². The molecule has 0 saturated carbocycles. The molecule has 0 aliphatic rings. The Kier molecular flexibility index (Phi) is 1.52. The largest absolute Gasteiger partial charge is 0.216 e. The minimum Gasteiger partial charge on any atom is -0.216 e. The van der Waals surface area contributed by atoms with E-state index in [0.29, 0.717) is 11.3 Å². The molecule has 0 aromatic carbocycles. The van der Waals surface area contributed by atoms with Gasteiger partial charge in [0.05, 0.1) is 0 Å². The zero-order valence-corrected chi connectivity index (χ0v) is 7.22. The summed E-state index contributed by atoms with van der Waals surface area (Å²) in [6.07, 6.45) is 0. The number of hydrogen-bond acceptors (Lipinski definition) is 4. The maximum absolute atomic E-state index is 8.68. The summed E-state index contributed by atoms with van der Waals surface area (Å²) in [5, 5.41) is 11.6. The van der Waals surface area contributed by atoms with Crippen LogP contribution >= 0.6 is 11.5 Å². The van der Waals surface area contributed by atoms with Crippen molar-refractivity contribution in [1.82, 2.24) is 9.36 Å². The summed E-state index contributed by atoms with van der Waals surface area (Å²) in [5.74, 6) is 0. The lowest BCUT2D eigenvalue weighted by atomic mass is 10.2. The molecule has 0 N–H and O–H groups in total. The summed E-state index contributed by atoms with van der Waals surface area (Å²) >= 11 is 1.36. The third kappa shape index (κ3) is 0.953. The van der Waals surface area contributed by atoms with Gasteiger partial charge in [0.25, 0.3) is 0 Å². The predicted octanol–water partition coefficient (Wildman–Crippen LogP) is 1.87. The molecule has 4 heteroatoms. The van der Waals surface area contributed by atoms with Crippen molar-refractivity contribution in [2.75, 3.05) is 0 Å². The number of nitriles is 1. The molecule has 12 heavy (non-hydrogen) atoms. The maximum atomic E-state index is 8.68. The monoisotopic (exact) mass is 175 g/mol. The van der Waals surface area contributed by atoms with E-state index < -0.39 is 0 Å². The van der Waals surface area contributed by atoms with E-state index in [0.717, 1.165) is 10.9 Å². The van der Waals surface area contributed by atoms with E-state index in [1.54, 1.807) is 0 Å². The summed E-state index contributed by atoms with van der Waals surface area (Å²) in [7, 11) is 0. The lowest BCUT2D eigenvalue weighted by Crippen LogP contribution is -1.87. The van der Waals surface area contributed by atoms with Crippen LogP contribution in [0.3, 0.4) is 0 Å². The standard InChI is InChI=1S/C8H5N3S/c1-5-2-6-4-12-11-8(6)10-7(5)3-9/h2,4H,1H3. The molecule has 0 spiro atoms. The predicted molar refractivity (Wildman–Crippen MR) is 46.9 cm³/mol. The van der Waals surface area contributed by atoms with E-state index in [9.17, 15) is 0 Å². The van der Waals surface area contributed by atoms with Crippen LogP contribution in [0.5, 0.6) is 0 Å². The van der Waals surface area contributed by atoms with Crippen molar-refractivity contribution in [3.8, 4) is 6.07 Å². The van der Waals surface area contributed by atoms with Crippen LogP contribution in [0.25, 0.3) is 11.0 Å². The fraction of sp³-hybridized carbons (Fsp3) is 0.125. The molecule has 0 unspecified atom stereocenters. The number of aryl methyl sites for hydroxylation is 1. The van der Waals surface area contributed by atoms with Crippen molar-refractivity contribution < 1.29 is 0 Å². The van der Waals surface area contributed by atoms with Gasteiger partial charge in [-0.25, -0.2) is 4.98 Å². The third-order valence-corrected chi connectivity index (χ3v) is 2.28. The summed E-state index contributed by atoms with van der Waals surface area (Å²) in [6.45, 7) is 1.88. The van der Waals surface area contributed by atoms with Crippen molar-refractivity contribution >= 4 is 22.6 Å². The Balaban J connectivity index is 2.84. The number of aromatic nitrogens is 2. The Morgan fingerprint density at radius 2 is 2.42 bits per heavy atom. The normalized spacial score (nSPS) is 10.0. The third-order valence-electron chi connectivity index (χ3n) is 1.65. The van der Waals surface area contributed by atoms with Crippen LogP contribution in [-0.2, 0) is 0 Å². The van der Waals surface area contributed by atoms with Crippen LogP contribution in [0, 0.1) is 18.3 Å². The van der Waals surface area contributed by atoms with Gasteiger partial charge in [0.15, 0.2) is 5.65 Å². The lowest BCUT2D eigenvalue weighted by molar-refractivity contribution is 1.25. The molecular weight excluding hydrogens is 170 g/mol. The molecule has 0 bridgehead atoms. The summed E-state index contributed by atoms with van der Waals surface area (Å²) in [5.41, 5.74) is 2.04. The highest BCUT2D eigenvalue weighted by Crippen LogP contribution is 2.16. The molecule has 0 amide bonds. The maximum Gasteiger partial charge on any atom is 0.174 e. The molecule has 2 aromatic rings. The van der Waals surface area contributed by atoms with Crippen LogP contribution in [0.2, 0.25) is 0 Å². The smallest absolute Gasteiger partial charge is 0.174 e. The molecule has 2 rings (SSSR count). The highest BCUT2D eigenvalue weighted by Gasteiger charge is 2.03. The van der Waals surface area contributed by atoms with Gasteiger partial charge in [-0.3, -0.25) is 0 Å². The van der Waals surface area contributed by atoms with Gasteiger partial charge in [-0.2, -0.15) is 9.64 Å². The zero-order chi connectivity index (χ0) is 8.55. The van der Waals surface area contributed by atoms with Gasteiger partial charge in [0, 0.05) is 10.8 Å². The molecular formula is C8H5N3S. The van der Waals surface area contributed by atoms with E-state index in [1.165, 1.54) is 11.5 Å². The number of hydrogen-bond donors (Lipinski definition) is 0. The van der Waals surface area contributed by atoms with Gasteiger partial charge in [-0.15, -0.1) is 0 Å². The Labute approximate surface area is 73.5 Å². The van der Waals surface area contributed by atoms with Crippen molar-refractivity contribution in [2.24, 2.45) is 0 Å². The summed E-state index contributed by atoms with van der Waals surface area (Å²) < 4.78 is 4.05. The molecule has 0 aliphatic carbocycles. The van der Waals surface area contributed by atoms with Crippen molar-refractivity contribution in [3.63, 3.8) is 0 Å². The first-order valence-electron chi connectivity index (χ1n) is 3.43. The first-order valence-corrected chi connectivity index (χ1v) is 4.27. The van der Waals surface area contributed by atoms with Crippen LogP contribution in [0.15, 0.2) is 11.4 Å². The van der Waals surface area contributed by atoms with Crippen molar-refractivity contribution in [1.29, 1.82) is 5.26 Å². The molecule has 2 aromatic heterocycles. The Bertz CT molecular complexity index is 467. The average molecular weight is 175 g/mol. The molecule has 0 aliphatic heterocycles. The molecule has 2 heterocycles. The second kappa shape index (κ2) is 2.54. The van der Waals surface area contributed by atoms with Crippen molar-refractivity contribution in [3.05, 3.63) is 22.7 Å². The summed E-state index contributed by atoms with van der Waals surface area (Å²) in [6, 6.07) is 3.97. The summed E-state index contributed by atoms with van der Waals surface area (Å²) in [4.78, 5) is 4.09. The van der Waals surface area contributed by atoms with E-state index in [4.69, 9.17) is 5.26 Å². The van der Waals surface area contributed by atoms with Gasteiger partial charge in [0.1, 0.15) is 11.8 Å². The zero-order valence-electron chi connectivity index (χ0n) is 6.40. The Morgan fingerprint density at radius 3 is 3.17 bits per heavy atom. The molecule has 0 atom stereocenters. The number of pyridine rings is 1. The van der Waals surface area contributed by atoms with Crippen LogP contribution in [0.4, 0.5) is 0 Å². The first-order chi connectivity index (χ1) is 5.81. The first kappa shape index (κ1) is 7.19. The number of nitrogens with zero attached hydrogens (tertiary/aromatic N) is 3. The quantitative estimate of drug-likeness (QED) is 0.614. The molecule has 0 radical (unpaired) electrons. The molecule has 3 nitrogen and oxygen atoms in total. The second-order valence-corrected chi connectivity index (χ2v) is 3.12. The molecule has 0 fully saturated rings. The lowest BCUT2D eigenvalue weighted by Gasteiger charge is -1.93. The van der Waals surface area contributed by atoms with Crippen LogP contribution in [-0.4, -0.2) is 9.36 Å². The Hall–Kier alpha value is -1.47.